The molecule has 0 heterocycles. The number of rotatable bonds is 2. The Labute approximate surface area is 112 Å². The molecule has 94 valence electrons. The van der Waals surface area contributed by atoms with E-state index in [-0.39, 0.29) is 12.0 Å². The van der Waals surface area contributed by atoms with Crippen molar-refractivity contribution >= 4 is 5.57 Å². The minimum absolute atomic E-state index is 0.0647. The Bertz CT molecular complexity index is 635. The van der Waals surface area contributed by atoms with Crippen LogP contribution >= 0.6 is 0 Å². The maximum atomic E-state index is 9.73. The molecule has 0 amide bonds. The van der Waals surface area contributed by atoms with E-state index in [1.54, 1.807) is 0 Å². The maximum absolute atomic E-state index is 9.73. The summed E-state index contributed by atoms with van der Waals surface area (Å²) in [5, 5.41) is 19.0. The van der Waals surface area contributed by atoms with Crippen molar-refractivity contribution in [2.45, 2.75) is 24.9 Å². The Morgan fingerprint density at radius 3 is 2.84 bits per heavy atom. The third-order valence-corrected chi connectivity index (χ3v) is 4.26. The lowest BCUT2D eigenvalue weighted by Gasteiger charge is -2.52. The van der Waals surface area contributed by atoms with E-state index in [2.05, 4.69) is 12.1 Å². The van der Waals surface area contributed by atoms with Crippen LogP contribution in [0.15, 0.2) is 30.3 Å². The van der Waals surface area contributed by atoms with Crippen LogP contribution in [0.5, 0.6) is 0 Å². The van der Waals surface area contributed by atoms with Gasteiger partial charge in [0.1, 0.15) is 5.41 Å². The molecule has 2 aliphatic carbocycles. The van der Waals surface area contributed by atoms with Gasteiger partial charge < -0.3 is 4.74 Å². The number of nitrogens with zero attached hydrogens (tertiary/aromatic N) is 2. The molecule has 3 rings (SSSR count). The molecular formula is C16H14N2O. The molecule has 0 aromatic heterocycles. The number of hydrogen-bond donors (Lipinski definition) is 0. The van der Waals surface area contributed by atoms with Crippen LogP contribution in [0.4, 0.5) is 0 Å². The van der Waals surface area contributed by atoms with Crippen LogP contribution in [0.3, 0.4) is 0 Å². The van der Waals surface area contributed by atoms with Crippen LogP contribution in [0.25, 0.3) is 5.57 Å². The summed E-state index contributed by atoms with van der Waals surface area (Å²) < 4.78 is 5.73. The molecule has 3 nitrogen and oxygen atoms in total. The zero-order chi connectivity index (χ0) is 13.5. The Hall–Kier alpha value is -2.10. The number of ether oxygens (including phenoxy) is 1. The average molecular weight is 250 g/mol. The van der Waals surface area contributed by atoms with Crippen molar-refractivity contribution in [2.24, 2.45) is 5.92 Å². The Kier molecular flexibility index (Phi) is 2.66. The second kappa shape index (κ2) is 4.23. The summed E-state index contributed by atoms with van der Waals surface area (Å²) in [6, 6.07) is 12.4. The summed E-state index contributed by atoms with van der Waals surface area (Å²) >= 11 is 0. The number of allylic oxidation sites excluding steroid dienone is 2. The van der Waals surface area contributed by atoms with Crippen LogP contribution in [-0.2, 0) is 10.2 Å². The highest BCUT2D eigenvalue weighted by atomic mass is 16.5. The molecule has 2 aliphatic rings. The third kappa shape index (κ3) is 1.40. The van der Waals surface area contributed by atoms with E-state index >= 15 is 0 Å². The van der Waals surface area contributed by atoms with Gasteiger partial charge in [-0.3, -0.25) is 0 Å². The summed E-state index contributed by atoms with van der Waals surface area (Å²) in [6.45, 7) is 2.56. The zero-order valence-electron chi connectivity index (χ0n) is 10.8. The monoisotopic (exact) mass is 250 g/mol. The standard InChI is InChI=1S/C16H14N2O/c1-2-19-15-8-12-7-11(9-17)13-5-3-4-6-14(13)16(12,15)10-18/h3-7,12,15H,2,8H2,1H3/t12-,15-,16+/m1/s1. The number of fused-ring (bicyclic) bond motifs is 3. The number of nitriles is 2. The van der Waals surface area contributed by atoms with E-state index in [9.17, 15) is 10.5 Å². The minimum Gasteiger partial charge on any atom is -0.376 e. The summed E-state index contributed by atoms with van der Waals surface area (Å²) in [5.41, 5.74) is 1.91. The Balaban J connectivity index is 2.18. The minimum atomic E-state index is -0.604. The van der Waals surface area contributed by atoms with Crippen LogP contribution in [0, 0.1) is 28.6 Å². The van der Waals surface area contributed by atoms with Crippen molar-refractivity contribution in [3.8, 4) is 12.1 Å². The first-order valence-electron chi connectivity index (χ1n) is 6.52. The normalized spacial score (nSPS) is 31.0. The molecule has 0 radical (unpaired) electrons. The number of hydrogen-bond acceptors (Lipinski definition) is 3. The van der Waals surface area contributed by atoms with Crippen molar-refractivity contribution in [1.29, 1.82) is 10.5 Å². The maximum Gasteiger partial charge on any atom is 0.115 e. The van der Waals surface area contributed by atoms with Gasteiger partial charge >= 0.3 is 0 Å². The molecule has 0 unspecified atom stereocenters. The van der Waals surface area contributed by atoms with E-state index < -0.39 is 5.41 Å². The van der Waals surface area contributed by atoms with Crippen molar-refractivity contribution in [3.05, 3.63) is 41.5 Å². The largest absolute Gasteiger partial charge is 0.376 e. The van der Waals surface area contributed by atoms with Gasteiger partial charge in [0, 0.05) is 12.5 Å². The van der Waals surface area contributed by atoms with E-state index in [1.807, 2.05) is 37.3 Å². The molecule has 3 heteroatoms. The highest BCUT2D eigenvalue weighted by Crippen LogP contribution is 2.55. The number of benzene rings is 1. The predicted octanol–water partition coefficient (Wildman–Crippen LogP) is 2.79. The van der Waals surface area contributed by atoms with Gasteiger partial charge in [-0.25, -0.2) is 0 Å². The van der Waals surface area contributed by atoms with Gasteiger partial charge in [0.25, 0.3) is 0 Å². The quantitative estimate of drug-likeness (QED) is 0.811. The van der Waals surface area contributed by atoms with E-state index in [1.165, 1.54) is 0 Å². The summed E-state index contributed by atoms with van der Waals surface area (Å²) in [5.74, 6) is 0.0959. The van der Waals surface area contributed by atoms with Gasteiger partial charge in [0.05, 0.1) is 23.8 Å². The van der Waals surface area contributed by atoms with Crippen LogP contribution in [0.1, 0.15) is 24.5 Å². The molecule has 0 aliphatic heterocycles. The van der Waals surface area contributed by atoms with E-state index in [0.29, 0.717) is 12.2 Å². The van der Waals surface area contributed by atoms with Crippen LogP contribution < -0.4 is 0 Å². The average Bonchev–Trinajstić information content (AvgIpc) is 2.44. The molecule has 0 spiro atoms. The lowest BCUT2D eigenvalue weighted by Crippen LogP contribution is -2.58. The lowest BCUT2D eigenvalue weighted by atomic mass is 9.52. The molecule has 1 aromatic carbocycles. The molecule has 19 heavy (non-hydrogen) atoms. The van der Waals surface area contributed by atoms with Gasteiger partial charge in [-0.2, -0.15) is 10.5 Å². The topological polar surface area (TPSA) is 56.8 Å². The fourth-order valence-electron chi connectivity index (χ4n) is 3.34. The fraction of sp³-hybridized carbons (Fsp3) is 0.375. The lowest BCUT2D eigenvalue weighted by molar-refractivity contribution is -0.0665. The molecular weight excluding hydrogens is 236 g/mol. The first-order valence-corrected chi connectivity index (χ1v) is 6.52. The van der Waals surface area contributed by atoms with Crippen molar-refractivity contribution in [3.63, 3.8) is 0 Å². The molecule has 3 atom stereocenters. The first kappa shape index (κ1) is 12.0. The van der Waals surface area contributed by atoms with Gasteiger partial charge in [-0.1, -0.05) is 30.3 Å². The fourth-order valence-corrected chi connectivity index (χ4v) is 3.34. The van der Waals surface area contributed by atoms with Crippen LogP contribution in [0.2, 0.25) is 0 Å². The van der Waals surface area contributed by atoms with Crippen molar-refractivity contribution < 1.29 is 4.74 Å². The second-order valence-electron chi connectivity index (χ2n) is 5.00. The van der Waals surface area contributed by atoms with E-state index in [0.717, 1.165) is 17.5 Å². The highest BCUT2D eigenvalue weighted by molar-refractivity contribution is 5.83. The molecule has 1 aromatic rings. The third-order valence-electron chi connectivity index (χ3n) is 4.26. The summed E-state index contributed by atoms with van der Waals surface area (Å²) in [6.07, 6.45) is 2.70. The van der Waals surface area contributed by atoms with Crippen molar-refractivity contribution in [2.75, 3.05) is 6.61 Å². The van der Waals surface area contributed by atoms with Crippen LogP contribution in [-0.4, -0.2) is 12.7 Å². The molecule has 0 saturated heterocycles. The van der Waals surface area contributed by atoms with Gasteiger partial charge in [0.15, 0.2) is 0 Å². The highest BCUT2D eigenvalue weighted by Gasteiger charge is 2.59. The Morgan fingerprint density at radius 2 is 2.16 bits per heavy atom. The Morgan fingerprint density at radius 1 is 1.37 bits per heavy atom. The van der Waals surface area contributed by atoms with E-state index in [4.69, 9.17) is 4.74 Å². The summed E-state index contributed by atoms with van der Waals surface area (Å²) in [7, 11) is 0. The molecule has 1 fully saturated rings. The van der Waals surface area contributed by atoms with Gasteiger partial charge in [-0.05, 0) is 24.5 Å². The first-order chi connectivity index (χ1) is 9.27. The molecule has 0 N–H and O–H groups in total. The second-order valence-corrected chi connectivity index (χ2v) is 5.00. The predicted molar refractivity (Wildman–Crippen MR) is 70.8 cm³/mol. The molecule has 0 bridgehead atoms. The van der Waals surface area contributed by atoms with Crippen molar-refractivity contribution in [1.82, 2.24) is 0 Å². The van der Waals surface area contributed by atoms with Gasteiger partial charge in [0.2, 0.25) is 0 Å². The smallest absolute Gasteiger partial charge is 0.115 e. The summed E-state index contributed by atoms with van der Waals surface area (Å²) in [4.78, 5) is 0. The van der Waals surface area contributed by atoms with Gasteiger partial charge in [-0.15, -0.1) is 0 Å². The molecule has 1 saturated carbocycles. The SMILES string of the molecule is CCO[C@@H]1C[C@H]2C=C(C#N)c3ccccc3[C@]21C#N. The zero-order valence-corrected chi connectivity index (χ0v) is 10.8.